The van der Waals surface area contributed by atoms with Gasteiger partial charge in [-0.05, 0) is 37.1 Å². The first kappa shape index (κ1) is 12.4. The maximum atomic E-state index is 10.8. The number of nitrogens with zero attached hydrogens (tertiary/aromatic N) is 1. The van der Waals surface area contributed by atoms with Crippen molar-refractivity contribution in [2.45, 2.75) is 12.8 Å². The fourth-order valence-corrected chi connectivity index (χ4v) is 2.20. The molecule has 1 saturated heterocycles. The SMILES string of the molecule is O=C(O)c1ccc(N2CCC(C(=O)O)CC2)cc1. The summed E-state index contributed by atoms with van der Waals surface area (Å²) in [5.41, 5.74) is 1.21. The van der Waals surface area contributed by atoms with E-state index in [2.05, 4.69) is 4.90 Å². The lowest BCUT2D eigenvalue weighted by Crippen LogP contribution is -2.36. The lowest BCUT2D eigenvalue weighted by atomic mass is 9.96. The lowest BCUT2D eigenvalue weighted by molar-refractivity contribution is -0.142. The van der Waals surface area contributed by atoms with Crippen molar-refractivity contribution in [3.63, 3.8) is 0 Å². The highest BCUT2D eigenvalue weighted by Crippen LogP contribution is 2.23. The van der Waals surface area contributed by atoms with Crippen molar-refractivity contribution in [3.8, 4) is 0 Å². The summed E-state index contributed by atoms with van der Waals surface area (Å²) < 4.78 is 0. The van der Waals surface area contributed by atoms with Gasteiger partial charge >= 0.3 is 11.9 Å². The molecule has 1 aliphatic heterocycles. The fourth-order valence-electron chi connectivity index (χ4n) is 2.20. The van der Waals surface area contributed by atoms with E-state index in [4.69, 9.17) is 10.2 Å². The van der Waals surface area contributed by atoms with E-state index < -0.39 is 11.9 Å². The summed E-state index contributed by atoms with van der Waals surface area (Å²) in [6.07, 6.45) is 1.27. The summed E-state index contributed by atoms with van der Waals surface area (Å²) in [4.78, 5) is 23.6. The van der Waals surface area contributed by atoms with Crippen LogP contribution in [0.3, 0.4) is 0 Å². The molecule has 1 aromatic rings. The Bertz CT molecular complexity index is 447. The molecule has 1 aromatic carbocycles. The van der Waals surface area contributed by atoms with E-state index in [1.165, 1.54) is 0 Å². The van der Waals surface area contributed by atoms with Crippen molar-refractivity contribution in [1.82, 2.24) is 0 Å². The molecule has 5 heteroatoms. The Labute approximate surface area is 105 Å². The molecule has 0 saturated carbocycles. The number of aliphatic carboxylic acids is 1. The van der Waals surface area contributed by atoms with Gasteiger partial charge in [-0.15, -0.1) is 0 Å². The molecule has 0 unspecified atom stereocenters. The molecule has 0 bridgehead atoms. The maximum absolute atomic E-state index is 10.8. The second-order valence-electron chi connectivity index (χ2n) is 4.45. The van der Waals surface area contributed by atoms with E-state index in [1.54, 1.807) is 24.3 Å². The van der Waals surface area contributed by atoms with E-state index >= 15 is 0 Å². The highest BCUT2D eigenvalue weighted by atomic mass is 16.4. The third-order valence-corrected chi connectivity index (χ3v) is 3.32. The summed E-state index contributed by atoms with van der Waals surface area (Å²) in [6, 6.07) is 6.68. The largest absolute Gasteiger partial charge is 0.481 e. The van der Waals surface area contributed by atoms with Crippen molar-refractivity contribution < 1.29 is 19.8 Å². The van der Waals surface area contributed by atoms with Crippen LogP contribution in [0.4, 0.5) is 5.69 Å². The Hall–Kier alpha value is -2.04. The second kappa shape index (κ2) is 5.08. The first-order valence-corrected chi connectivity index (χ1v) is 5.89. The number of carboxylic acids is 2. The summed E-state index contributed by atoms with van der Waals surface area (Å²) in [5.74, 6) is -1.92. The van der Waals surface area contributed by atoms with Crippen LogP contribution in [0, 0.1) is 5.92 Å². The highest BCUT2D eigenvalue weighted by molar-refractivity contribution is 5.88. The highest BCUT2D eigenvalue weighted by Gasteiger charge is 2.24. The summed E-state index contributed by atoms with van der Waals surface area (Å²) in [6.45, 7) is 1.40. The van der Waals surface area contributed by atoms with Gasteiger partial charge in [-0.3, -0.25) is 4.79 Å². The van der Waals surface area contributed by atoms with Crippen LogP contribution in [-0.4, -0.2) is 35.2 Å². The predicted octanol–water partition coefficient (Wildman–Crippen LogP) is 1.69. The first-order chi connectivity index (χ1) is 8.58. The Morgan fingerprint density at radius 3 is 2.06 bits per heavy atom. The third-order valence-electron chi connectivity index (χ3n) is 3.32. The number of hydrogen-bond donors (Lipinski definition) is 2. The quantitative estimate of drug-likeness (QED) is 0.852. The lowest BCUT2D eigenvalue weighted by Gasteiger charge is -2.31. The number of aromatic carboxylic acids is 1. The van der Waals surface area contributed by atoms with Gasteiger partial charge in [0, 0.05) is 18.8 Å². The number of rotatable bonds is 3. The summed E-state index contributed by atoms with van der Waals surface area (Å²) in [7, 11) is 0. The van der Waals surface area contributed by atoms with Crippen molar-refractivity contribution >= 4 is 17.6 Å². The van der Waals surface area contributed by atoms with Crippen LogP contribution in [0.5, 0.6) is 0 Å². The van der Waals surface area contributed by atoms with Gasteiger partial charge in [-0.1, -0.05) is 0 Å². The van der Waals surface area contributed by atoms with Crippen molar-refractivity contribution in [3.05, 3.63) is 29.8 Å². The number of hydrogen-bond acceptors (Lipinski definition) is 3. The zero-order chi connectivity index (χ0) is 13.1. The van der Waals surface area contributed by atoms with Crippen LogP contribution in [0.25, 0.3) is 0 Å². The number of carboxylic acid groups (broad SMARTS) is 2. The minimum atomic E-state index is -0.939. The predicted molar refractivity (Wildman–Crippen MR) is 66.0 cm³/mol. The summed E-state index contributed by atoms with van der Waals surface area (Å²) in [5, 5.41) is 17.7. The van der Waals surface area contributed by atoms with Crippen molar-refractivity contribution in [2.24, 2.45) is 5.92 Å². The second-order valence-corrected chi connectivity index (χ2v) is 4.45. The van der Waals surface area contributed by atoms with Crippen LogP contribution in [-0.2, 0) is 4.79 Å². The third kappa shape index (κ3) is 2.61. The van der Waals surface area contributed by atoms with Gasteiger partial charge in [0.15, 0.2) is 0 Å². The molecule has 1 heterocycles. The maximum Gasteiger partial charge on any atom is 0.335 e. The molecule has 0 spiro atoms. The van der Waals surface area contributed by atoms with Crippen LogP contribution in [0.1, 0.15) is 23.2 Å². The van der Waals surface area contributed by atoms with Crippen molar-refractivity contribution in [2.75, 3.05) is 18.0 Å². The topological polar surface area (TPSA) is 77.8 Å². The molecule has 2 N–H and O–H groups in total. The molecule has 1 aliphatic rings. The molecule has 2 rings (SSSR count). The van der Waals surface area contributed by atoms with Gasteiger partial charge in [0.1, 0.15) is 0 Å². The number of benzene rings is 1. The molecule has 96 valence electrons. The molecule has 0 aliphatic carbocycles. The zero-order valence-corrected chi connectivity index (χ0v) is 9.87. The van der Waals surface area contributed by atoms with Gasteiger partial charge in [0.2, 0.25) is 0 Å². The molecular weight excluding hydrogens is 234 g/mol. The molecule has 0 atom stereocenters. The van der Waals surface area contributed by atoms with E-state index in [0.29, 0.717) is 25.9 Å². The van der Waals surface area contributed by atoms with E-state index in [0.717, 1.165) is 5.69 Å². The zero-order valence-electron chi connectivity index (χ0n) is 9.87. The van der Waals surface area contributed by atoms with Gasteiger partial charge in [-0.2, -0.15) is 0 Å². The summed E-state index contributed by atoms with van der Waals surface area (Å²) >= 11 is 0. The number of piperidine rings is 1. The van der Waals surface area contributed by atoms with Crippen LogP contribution >= 0.6 is 0 Å². The van der Waals surface area contributed by atoms with Crippen LogP contribution < -0.4 is 4.90 Å². The average molecular weight is 249 g/mol. The standard InChI is InChI=1S/C13H15NO4/c15-12(16)9-1-3-11(4-2-9)14-7-5-10(6-8-14)13(17)18/h1-4,10H,5-8H2,(H,15,16)(H,17,18). The van der Waals surface area contributed by atoms with Crippen molar-refractivity contribution in [1.29, 1.82) is 0 Å². The molecule has 5 nitrogen and oxygen atoms in total. The normalized spacial score (nSPS) is 16.6. The molecule has 0 radical (unpaired) electrons. The average Bonchev–Trinajstić information content (AvgIpc) is 2.39. The minimum Gasteiger partial charge on any atom is -0.481 e. The van der Waals surface area contributed by atoms with Gasteiger partial charge in [0.05, 0.1) is 11.5 Å². The number of carbonyl (C=O) groups is 2. The van der Waals surface area contributed by atoms with E-state index in [1.807, 2.05) is 0 Å². The molecule has 0 aromatic heterocycles. The molecular formula is C13H15NO4. The molecule has 1 fully saturated rings. The first-order valence-electron chi connectivity index (χ1n) is 5.89. The Kier molecular flexibility index (Phi) is 3.50. The Morgan fingerprint density at radius 2 is 1.61 bits per heavy atom. The Balaban J connectivity index is 2.01. The van der Waals surface area contributed by atoms with Crippen LogP contribution in [0.2, 0.25) is 0 Å². The van der Waals surface area contributed by atoms with E-state index in [-0.39, 0.29) is 11.5 Å². The van der Waals surface area contributed by atoms with Crippen LogP contribution in [0.15, 0.2) is 24.3 Å². The van der Waals surface area contributed by atoms with Gasteiger partial charge in [0.25, 0.3) is 0 Å². The minimum absolute atomic E-state index is 0.250. The Morgan fingerprint density at radius 1 is 1.06 bits per heavy atom. The fraction of sp³-hybridized carbons (Fsp3) is 0.385. The molecule has 18 heavy (non-hydrogen) atoms. The molecule has 0 amide bonds. The number of anilines is 1. The van der Waals surface area contributed by atoms with E-state index in [9.17, 15) is 9.59 Å². The van der Waals surface area contributed by atoms with Gasteiger partial charge in [-0.25, -0.2) is 4.79 Å². The smallest absolute Gasteiger partial charge is 0.335 e. The van der Waals surface area contributed by atoms with Gasteiger partial charge < -0.3 is 15.1 Å². The monoisotopic (exact) mass is 249 g/mol.